The van der Waals surface area contributed by atoms with Crippen molar-refractivity contribution in [2.45, 2.75) is 52.6 Å². The number of imide groups is 1. The maximum atomic E-state index is 13.6. The number of hydrogen-bond donors (Lipinski definition) is 0. The van der Waals surface area contributed by atoms with Crippen LogP contribution in [0.4, 0.5) is 5.69 Å². The van der Waals surface area contributed by atoms with Crippen LogP contribution in [0.25, 0.3) is 6.08 Å². The van der Waals surface area contributed by atoms with E-state index in [1.54, 1.807) is 0 Å². The van der Waals surface area contributed by atoms with Gasteiger partial charge in [0, 0.05) is 22.1 Å². The Labute approximate surface area is 180 Å². The number of nitrogens with zero attached hydrogens (tertiary/aromatic N) is 2. The summed E-state index contributed by atoms with van der Waals surface area (Å²) < 4.78 is 0.954. The summed E-state index contributed by atoms with van der Waals surface area (Å²) in [6, 6.07) is 5.03. The standard InChI is InChI=1S/C23H27BrN2O3/c1-5-6-11-25-21(28)17-16-9-7-13-12-14(24)8-10-15(13)26(16)19(18(17)22(25)29)20(27)23(2,3)4/h7-10,12,16-19H,5-6,11H2,1-4H3/t16-,17-,18-,19-/m0/s1. The predicted octanol–water partition coefficient (Wildman–Crippen LogP) is 4.05. The number of Topliss-reactive ketones (excluding diaryl/α,β-unsaturated/α-hetero) is 1. The van der Waals surface area contributed by atoms with Crippen molar-refractivity contribution >= 4 is 45.3 Å². The number of unbranched alkanes of at least 4 members (excludes halogenated alkanes) is 1. The molecule has 4 atom stereocenters. The second kappa shape index (κ2) is 7.08. The highest BCUT2D eigenvalue weighted by molar-refractivity contribution is 9.10. The van der Waals surface area contributed by atoms with Gasteiger partial charge in [-0.05, 0) is 30.2 Å². The number of halogens is 1. The quantitative estimate of drug-likeness (QED) is 0.638. The van der Waals surface area contributed by atoms with Crippen LogP contribution in [-0.4, -0.2) is 41.1 Å². The van der Waals surface area contributed by atoms with Gasteiger partial charge in [-0.3, -0.25) is 19.3 Å². The minimum Gasteiger partial charge on any atom is -0.353 e. The first-order valence-corrected chi connectivity index (χ1v) is 11.1. The van der Waals surface area contributed by atoms with Crippen LogP contribution in [0.15, 0.2) is 28.7 Å². The summed E-state index contributed by atoms with van der Waals surface area (Å²) in [5, 5.41) is 0. The largest absolute Gasteiger partial charge is 0.353 e. The molecule has 3 heterocycles. The molecule has 3 aliphatic rings. The molecule has 0 saturated carbocycles. The Kier molecular flexibility index (Phi) is 4.96. The van der Waals surface area contributed by atoms with Crippen molar-refractivity contribution in [2.75, 3.05) is 11.4 Å². The molecular formula is C23H27BrN2O3. The van der Waals surface area contributed by atoms with Gasteiger partial charge in [-0.25, -0.2) is 0 Å². The van der Waals surface area contributed by atoms with Crippen LogP contribution < -0.4 is 4.90 Å². The average Bonchev–Trinajstić information content (AvgIpc) is 3.12. The Morgan fingerprint density at radius 3 is 2.48 bits per heavy atom. The summed E-state index contributed by atoms with van der Waals surface area (Å²) in [7, 11) is 0. The monoisotopic (exact) mass is 458 g/mol. The number of ketones is 1. The molecular weight excluding hydrogens is 432 g/mol. The zero-order chi connectivity index (χ0) is 21.1. The SMILES string of the molecule is CCCCN1C(=O)[C@@H]2[C@H](C1=O)[C@@H](C(=O)C(C)(C)C)N1c3ccc(Br)cc3C=C[C@@H]21. The van der Waals surface area contributed by atoms with E-state index < -0.39 is 23.3 Å². The molecule has 0 radical (unpaired) electrons. The number of amides is 2. The van der Waals surface area contributed by atoms with Gasteiger partial charge in [-0.15, -0.1) is 0 Å². The lowest BCUT2D eigenvalue weighted by atomic mass is 9.79. The fraction of sp³-hybridized carbons (Fsp3) is 0.522. The third-order valence-electron chi connectivity index (χ3n) is 6.30. The first-order valence-electron chi connectivity index (χ1n) is 10.3. The first kappa shape index (κ1) is 20.3. The Bertz CT molecular complexity index is 917. The summed E-state index contributed by atoms with van der Waals surface area (Å²) in [5.41, 5.74) is 1.30. The normalized spacial score (nSPS) is 27.9. The smallest absolute Gasteiger partial charge is 0.235 e. The fourth-order valence-corrected chi connectivity index (χ4v) is 5.26. The van der Waals surface area contributed by atoms with Crippen molar-refractivity contribution in [3.63, 3.8) is 0 Å². The number of likely N-dealkylation sites (tertiary alicyclic amines) is 1. The van der Waals surface area contributed by atoms with E-state index in [9.17, 15) is 14.4 Å². The number of rotatable bonds is 4. The molecule has 5 nitrogen and oxygen atoms in total. The summed E-state index contributed by atoms with van der Waals surface area (Å²) in [6.45, 7) is 8.14. The van der Waals surface area contributed by atoms with Gasteiger partial charge in [0.15, 0.2) is 5.78 Å². The van der Waals surface area contributed by atoms with Gasteiger partial charge in [-0.1, -0.05) is 62.2 Å². The van der Waals surface area contributed by atoms with Gasteiger partial charge >= 0.3 is 0 Å². The van der Waals surface area contributed by atoms with Crippen molar-refractivity contribution in [2.24, 2.45) is 17.3 Å². The number of benzene rings is 1. The Hall–Kier alpha value is -1.95. The molecule has 4 rings (SSSR count). The number of carbonyl (C=O) groups is 3. The van der Waals surface area contributed by atoms with Crippen molar-refractivity contribution in [1.82, 2.24) is 4.90 Å². The summed E-state index contributed by atoms with van der Waals surface area (Å²) >= 11 is 3.50. The molecule has 0 aromatic heterocycles. The molecule has 0 bridgehead atoms. The molecule has 154 valence electrons. The molecule has 2 fully saturated rings. The van der Waals surface area contributed by atoms with E-state index in [0.29, 0.717) is 6.54 Å². The van der Waals surface area contributed by atoms with Gasteiger partial charge in [0.25, 0.3) is 0 Å². The lowest BCUT2D eigenvalue weighted by molar-refractivity contribution is -0.142. The minimum atomic E-state index is -0.627. The fourth-order valence-electron chi connectivity index (χ4n) is 4.89. The average molecular weight is 459 g/mol. The number of fused-ring (bicyclic) bond motifs is 5. The lowest BCUT2D eigenvalue weighted by Crippen LogP contribution is -2.51. The topological polar surface area (TPSA) is 57.7 Å². The van der Waals surface area contributed by atoms with Gasteiger partial charge < -0.3 is 4.90 Å². The van der Waals surface area contributed by atoms with Crippen LogP contribution in [-0.2, 0) is 14.4 Å². The van der Waals surface area contributed by atoms with E-state index in [1.165, 1.54) is 4.90 Å². The molecule has 0 aliphatic carbocycles. The third-order valence-corrected chi connectivity index (χ3v) is 6.80. The highest BCUT2D eigenvalue weighted by atomic mass is 79.9. The molecule has 2 saturated heterocycles. The predicted molar refractivity (Wildman–Crippen MR) is 116 cm³/mol. The third kappa shape index (κ3) is 3.07. The van der Waals surface area contributed by atoms with E-state index in [2.05, 4.69) is 15.9 Å². The first-order chi connectivity index (χ1) is 13.7. The van der Waals surface area contributed by atoms with E-state index in [-0.39, 0.29) is 23.6 Å². The summed E-state index contributed by atoms with van der Waals surface area (Å²) in [4.78, 5) is 43.6. The molecule has 1 aromatic carbocycles. The van der Waals surface area contributed by atoms with Crippen molar-refractivity contribution in [3.8, 4) is 0 Å². The van der Waals surface area contributed by atoms with Crippen LogP contribution in [0.3, 0.4) is 0 Å². The van der Waals surface area contributed by atoms with Gasteiger partial charge in [0.2, 0.25) is 11.8 Å². The van der Waals surface area contributed by atoms with Crippen LogP contribution in [0.2, 0.25) is 0 Å². The van der Waals surface area contributed by atoms with Gasteiger partial charge in [0.05, 0.1) is 17.9 Å². The Morgan fingerprint density at radius 2 is 1.83 bits per heavy atom. The van der Waals surface area contributed by atoms with Crippen molar-refractivity contribution in [1.29, 1.82) is 0 Å². The highest BCUT2D eigenvalue weighted by Crippen LogP contribution is 2.50. The van der Waals surface area contributed by atoms with Crippen LogP contribution in [0, 0.1) is 17.3 Å². The molecule has 0 spiro atoms. The second-order valence-electron chi connectivity index (χ2n) is 9.25. The number of hydrogen-bond acceptors (Lipinski definition) is 4. The van der Waals surface area contributed by atoms with E-state index in [0.717, 1.165) is 28.6 Å². The molecule has 2 amide bonds. The van der Waals surface area contributed by atoms with Crippen molar-refractivity contribution < 1.29 is 14.4 Å². The Balaban J connectivity index is 1.83. The Morgan fingerprint density at radius 1 is 1.14 bits per heavy atom. The van der Waals surface area contributed by atoms with Crippen LogP contribution >= 0.6 is 15.9 Å². The number of carbonyl (C=O) groups excluding carboxylic acids is 3. The summed E-state index contributed by atoms with van der Waals surface area (Å²) in [5.74, 6) is -1.41. The van der Waals surface area contributed by atoms with E-state index in [1.807, 2.05) is 62.9 Å². The van der Waals surface area contributed by atoms with Crippen LogP contribution in [0.1, 0.15) is 46.1 Å². The van der Waals surface area contributed by atoms with Gasteiger partial charge in [0.1, 0.15) is 6.04 Å². The van der Waals surface area contributed by atoms with Gasteiger partial charge in [-0.2, -0.15) is 0 Å². The van der Waals surface area contributed by atoms with Crippen molar-refractivity contribution in [3.05, 3.63) is 34.3 Å². The zero-order valence-corrected chi connectivity index (χ0v) is 18.9. The minimum absolute atomic E-state index is 0.0117. The molecule has 0 N–H and O–H groups in total. The molecule has 1 aromatic rings. The highest BCUT2D eigenvalue weighted by Gasteiger charge is 2.64. The molecule has 0 unspecified atom stereocenters. The lowest BCUT2D eigenvalue weighted by Gasteiger charge is -2.38. The van der Waals surface area contributed by atoms with Crippen LogP contribution in [0.5, 0.6) is 0 Å². The van der Waals surface area contributed by atoms with E-state index >= 15 is 0 Å². The molecule has 3 aliphatic heterocycles. The maximum absolute atomic E-state index is 13.6. The molecule has 6 heteroatoms. The second-order valence-corrected chi connectivity index (χ2v) is 10.2. The van der Waals surface area contributed by atoms with E-state index in [4.69, 9.17) is 0 Å². The maximum Gasteiger partial charge on any atom is 0.235 e. The zero-order valence-electron chi connectivity index (χ0n) is 17.3. The molecule has 29 heavy (non-hydrogen) atoms. The number of anilines is 1. The summed E-state index contributed by atoms with van der Waals surface area (Å²) in [6.07, 6.45) is 5.70.